The molecule has 0 saturated carbocycles. The molecule has 126 valence electrons. The average Bonchev–Trinajstić information content (AvgIpc) is 2.59. The zero-order valence-electron chi connectivity index (χ0n) is 13.3. The highest BCUT2D eigenvalue weighted by molar-refractivity contribution is 6.30. The van der Waals surface area contributed by atoms with Crippen molar-refractivity contribution >= 4 is 35.9 Å². The molecule has 0 N–H and O–H groups in total. The first-order valence-electron chi connectivity index (χ1n) is 7.44. The number of hydrogen-bond donors (Lipinski definition) is 0. The van der Waals surface area contributed by atoms with E-state index < -0.39 is 0 Å². The maximum Gasteiger partial charge on any atom is 0.305 e. The molecule has 2 rings (SSSR count). The molecule has 0 aliphatic rings. The Hall–Kier alpha value is -1.91. The van der Waals surface area contributed by atoms with Crippen LogP contribution >= 0.6 is 23.2 Å². The Labute approximate surface area is 151 Å². The van der Waals surface area contributed by atoms with E-state index in [4.69, 9.17) is 27.9 Å². The van der Waals surface area contributed by atoms with E-state index in [1.165, 1.54) is 7.11 Å². The van der Waals surface area contributed by atoms with Gasteiger partial charge in [0.25, 0.3) is 0 Å². The number of benzene rings is 1. The SMILES string of the molecule is C=NC(c1ccc(Cl)cc1)[C@@H](CCC(=O)OC)c1cc(Cl)ccn1. The van der Waals surface area contributed by atoms with Crippen LogP contribution in [-0.4, -0.2) is 24.8 Å². The maximum absolute atomic E-state index is 11.6. The largest absolute Gasteiger partial charge is 0.469 e. The van der Waals surface area contributed by atoms with Gasteiger partial charge in [0, 0.05) is 34.3 Å². The molecule has 0 fully saturated rings. The van der Waals surface area contributed by atoms with E-state index in [1.54, 1.807) is 30.5 Å². The molecule has 0 spiro atoms. The summed E-state index contributed by atoms with van der Waals surface area (Å²) in [6, 6.07) is 10.6. The third-order valence-electron chi connectivity index (χ3n) is 3.80. The van der Waals surface area contributed by atoms with Crippen molar-refractivity contribution < 1.29 is 9.53 Å². The topological polar surface area (TPSA) is 51.5 Å². The van der Waals surface area contributed by atoms with Gasteiger partial charge < -0.3 is 4.74 Å². The Bertz CT molecular complexity index is 704. The fourth-order valence-electron chi connectivity index (χ4n) is 2.59. The quantitative estimate of drug-likeness (QED) is 0.520. The predicted octanol–water partition coefficient (Wildman–Crippen LogP) is 4.87. The number of esters is 1. The van der Waals surface area contributed by atoms with E-state index in [0.29, 0.717) is 16.5 Å². The monoisotopic (exact) mass is 364 g/mol. The molecular formula is C18H18Cl2N2O2. The number of pyridine rings is 1. The van der Waals surface area contributed by atoms with Gasteiger partial charge in [0.05, 0.1) is 13.2 Å². The van der Waals surface area contributed by atoms with Crippen LogP contribution in [0, 0.1) is 0 Å². The van der Waals surface area contributed by atoms with Crippen LogP contribution in [0.5, 0.6) is 0 Å². The van der Waals surface area contributed by atoms with Crippen LogP contribution in [0.4, 0.5) is 0 Å². The van der Waals surface area contributed by atoms with E-state index in [1.807, 2.05) is 12.1 Å². The van der Waals surface area contributed by atoms with E-state index in [0.717, 1.165) is 11.3 Å². The first-order chi connectivity index (χ1) is 11.5. The second-order valence-electron chi connectivity index (χ2n) is 5.30. The maximum atomic E-state index is 11.6. The Morgan fingerprint density at radius 1 is 1.25 bits per heavy atom. The zero-order valence-corrected chi connectivity index (χ0v) is 14.8. The Balaban J connectivity index is 2.36. The van der Waals surface area contributed by atoms with E-state index in [-0.39, 0.29) is 24.3 Å². The molecule has 24 heavy (non-hydrogen) atoms. The van der Waals surface area contributed by atoms with Crippen molar-refractivity contribution in [2.45, 2.75) is 24.8 Å². The standard InChI is InChI=1S/C18H18Cl2N2O2/c1-21-18(12-3-5-13(19)6-4-12)15(7-8-17(23)24-2)16-11-14(20)9-10-22-16/h3-6,9-11,15,18H,1,7-8H2,2H3/t15-,18?/m0/s1. The molecule has 6 heteroatoms. The summed E-state index contributed by atoms with van der Waals surface area (Å²) >= 11 is 12.1. The minimum Gasteiger partial charge on any atom is -0.469 e. The Kier molecular flexibility index (Phi) is 6.76. The van der Waals surface area contributed by atoms with E-state index >= 15 is 0 Å². The van der Waals surface area contributed by atoms with Crippen LogP contribution in [-0.2, 0) is 9.53 Å². The summed E-state index contributed by atoms with van der Waals surface area (Å²) in [7, 11) is 1.37. The molecule has 0 aliphatic carbocycles. The van der Waals surface area contributed by atoms with Gasteiger partial charge in [-0.2, -0.15) is 0 Å². The van der Waals surface area contributed by atoms with Gasteiger partial charge in [0.1, 0.15) is 0 Å². The molecular weight excluding hydrogens is 347 g/mol. The summed E-state index contributed by atoms with van der Waals surface area (Å²) in [6.07, 6.45) is 2.42. The lowest BCUT2D eigenvalue weighted by Crippen LogP contribution is -2.14. The number of aromatic nitrogens is 1. The van der Waals surface area contributed by atoms with Gasteiger partial charge in [-0.15, -0.1) is 0 Å². The van der Waals surface area contributed by atoms with Crippen LogP contribution in [0.2, 0.25) is 10.0 Å². The third-order valence-corrected chi connectivity index (χ3v) is 4.29. The van der Waals surface area contributed by atoms with Crippen LogP contribution in [0.3, 0.4) is 0 Å². The molecule has 0 saturated heterocycles. The smallest absolute Gasteiger partial charge is 0.305 e. The lowest BCUT2D eigenvalue weighted by atomic mass is 9.86. The molecule has 1 unspecified atom stereocenters. The number of carbonyl (C=O) groups excluding carboxylic acids is 1. The highest BCUT2D eigenvalue weighted by atomic mass is 35.5. The molecule has 4 nitrogen and oxygen atoms in total. The lowest BCUT2D eigenvalue weighted by Gasteiger charge is -2.24. The number of carbonyl (C=O) groups is 1. The number of halogens is 2. The van der Waals surface area contributed by atoms with Crippen molar-refractivity contribution in [1.82, 2.24) is 4.98 Å². The number of nitrogens with zero attached hydrogens (tertiary/aromatic N) is 2. The number of rotatable bonds is 7. The lowest BCUT2D eigenvalue weighted by molar-refractivity contribution is -0.140. The van der Waals surface area contributed by atoms with Gasteiger partial charge in [-0.05, 0) is 43.0 Å². The molecule has 1 aromatic heterocycles. The minimum absolute atomic E-state index is 0.151. The zero-order chi connectivity index (χ0) is 17.5. The Morgan fingerprint density at radius 3 is 2.54 bits per heavy atom. The molecule has 2 aromatic rings. The number of ether oxygens (including phenoxy) is 1. The number of methoxy groups -OCH3 is 1. The van der Waals surface area contributed by atoms with Crippen LogP contribution in [0.1, 0.15) is 36.1 Å². The van der Waals surface area contributed by atoms with Crippen LogP contribution < -0.4 is 0 Å². The van der Waals surface area contributed by atoms with Crippen molar-refractivity contribution in [2.75, 3.05) is 7.11 Å². The van der Waals surface area contributed by atoms with Crippen molar-refractivity contribution in [1.29, 1.82) is 0 Å². The summed E-state index contributed by atoms with van der Waals surface area (Å²) in [5.41, 5.74) is 1.71. The van der Waals surface area contributed by atoms with Gasteiger partial charge in [-0.3, -0.25) is 14.8 Å². The minimum atomic E-state index is -0.277. The van der Waals surface area contributed by atoms with Crippen LogP contribution in [0.25, 0.3) is 0 Å². The second-order valence-corrected chi connectivity index (χ2v) is 6.17. The Morgan fingerprint density at radius 2 is 1.96 bits per heavy atom. The van der Waals surface area contributed by atoms with Crippen molar-refractivity contribution in [3.8, 4) is 0 Å². The van der Waals surface area contributed by atoms with Crippen LogP contribution in [0.15, 0.2) is 47.6 Å². The molecule has 1 aromatic carbocycles. The molecule has 0 bridgehead atoms. The van der Waals surface area contributed by atoms with Gasteiger partial charge >= 0.3 is 5.97 Å². The number of hydrogen-bond acceptors (Lipinski definition) is 4. The molecule has 0 aliphatic heterocycles. The summed E-state index contributed by atoms with van der Waals surface area (Å²) < 4.78 is 4.75. The first kappa shape index (κ1) is 18.4. The molecule has 0 amide bonds. The fraction of sp³-hybridized carbons (Fsp3) is 0.278. The van der Waals surface area contributed by atoms with Crippen molar-refractivity contribution in [3.05, 3.63) is 63.9 Å². The van der Waals surface area contributed by atoms with Gasteiger partial charge in [0.2, 0.25) is 0 Å². The normalized spacial score (nSPS) is 13.1. The fourth-order valence-corrected chi connectivity index (χ4v) is 2.89. The highest BCUT2D eigenvalue weighted by Gasteiger charge is 2.26. The predicted molar refractivity (Wildman–Crippen MR) is 97.0 cm³/mol. The van der Waals surface area contributed by atoms with Crippen molar-refractivity contribution in [3.63, 3.8) is 0 Å². The van der Waals surface area contributed by atoms with Gasteiger partial charge in [-0.25, -0.2) is 0 Å². The first-order valence-corrected chi connectivity index (χ1v) is 8.20. The molecule has 1 heterocycles. The van der Waals surface area contributed by atoms with Gasteiger partial charge in [0.15, 0.2) is 0 Å². The molecule has 2 atom stereocenters. The summed E-state index contributed by atoms with van der Waals surface area (Å²) in [4.78, 5) is 20.2. The molecule has 0 radical (unpaired) electrons. The number of aliphatic imine (C=N–C) groups is 1. The van der Waals surface area contributed by atoms with Gasteiger partial charge in [-0.1, -0.05) is 35.3 Å². The second kappa shape index (κ2) is 8.81. The summed E-state index contributed by atoms with van der Waals surface area (Å²) in [5, 5.41) is 1.23. The van der Waals surface area contributed by atoms with E-state index in [2.05, 4.69) is 16.7 Å². The summed E-state index contributed by atoms with van der Waals surface area (Å²) in [6.45, 7) is 3.72. The third kappa shape index (κ3) is 4.79. The van der Waals surface area contributed by atoms with Crippen molar-refractivity contribution in [2.24, 2.45) is 4.99 Å². The van der Waals surface area contributed by atoms with E-state index in [9.17, 15) is 4.79 Å². The highest BCUT2D eigenvalue weighted by Crippen LogP contribution is 2.37. The summed E-state index contributed by atoms with van der Waals surface area (Å²) in [5.74, 6) is -0.428. The average molecular weight is 365 g/mol.